The second-order valence-electron chi connectivity index (χ2n) is 5.37. The van der Waals surface area contributed by atoms with Crippen molar-refractivity contribution < 1.29 is 25.8 Å². The minimum absolute atomic E-state index is 0.142. The van der Waals surface area contributed by atoms with Gasteiger partial charge in [0.2, 0.25) is 0 Å². The Hall–Kier alpha value is -2.88. The number of hydrogen-bond donors (Lipinski definition) is 0. The van der Waals surface area contributed by atoms with E-state index < -0.39 is 21.4 Å². The van der Waals surface area contributed by atoms with E-state index in [1.54, 1.807) is 43.3 Å². The van der Waals surface area contributed by atoms with E-state index in [1.807, 2.05) is 0 Å². The summed E-state index contributed by atoms with van der Waals surface area (Å²) in [6.45, 7) is 1.78. The Morgan fingerprint density at radius 3 is 2.42 bits per heavy atom. The molecule has 3 aromatic rings. The van der Waals surface area contributed by atoms with E-state index in [2.05, 4.69) is 14.5 Å². The molecule has 0 amide bonds. The summed E-state index contributed by atoms with van der Waals surface area (Å²) < 4.78 is 66.6. The van der Waals surface area contributed by atoms with Gasteiger partial charge in [-0.05, 0) is 19.1 Å². The number of benzene rings is 2. The minimum atomic E-state index is -5.84. The normalized spacial score (nSPS) is 13.2. The molecule has 0 N–H and O–H groups in total. The van der Waals surface area contributed by atoms with E-state index in [0.29, 0.717) is 11.0 Å². The maximum atomic E-state index is 12.7. The first-order valence-electron chi connectivity index (χ1n) is 7.27. The average molecular weight is 383 g/mol. The maximum Gasteiger partial charge on any atom is 0.534 e. The molecule has 0 aliphatic heterocycles. The van der Waals surface area contributed by atoms with Crippen LogP contribution in [-0.2, 0) is 14.3 Å². The average Bonchev–Trinajstić information content (AvgIpc) is 2.97. The highest BCUT2D eigenvalue weighted by Gasteiger charge is 2.49. The Kier molecular flexibility index (Phi) is 4.45. The van der Waals surface area contributed by atoms with Crippen molar-refractivity contribution >= 4 is 33.1 Å². The van der Waals surface area contributed by atoms with E-state index in [-0.39, 0.29) is 5.56 Å². The second-order valence-corrected chi connectivity index (χ2v) is 6.90. The molecular formula is C16H12F3N3O3S. The Morgan fingerprint density at radius 2 is 1.77 bits per heavy atom. The summed E-state index contributed by atoms with van der Waals surface area (Å²) >= 11 is 0. The lowest BCUT2D eigenvalue weighted by molar-refractivity contribution is -0.0509. The van der Waals surface area contributed by atoms with Crippen molar-refractivity contribution in [2.24, 2.45) is 0 Å². The molecule has 26 heavy (non-hydrogen) atoms. The van der Waals surface area contributed by atoms with Crippen LogP contribution < -0.4 is 0 Å². The van der Waals surface area contributed by atoms with Crippen molar-refractivity contribution in [1.82, 2.24) is 15.0 Å². The third-order valence-corrected chi connectivity index (χ3v) is 4.40. The van der Waals surface area contributed by atoms with Gasteiger partial charge in [-0.15, -0.1) is 5.10 Å². The third-order valence-electron chi connectivity index (χ3n) is 3.44. The predicted molar refractivity (Wildman–Crippen MR) is 88.9 cm³/mol. The summed E-state index contributed by atoms with van der Waals surface area (Å²) in [6.07, 6.45) is 1.04. The zero-order chi connectivity index (χ0) is 18.9. The van der Waals surface area contributed by atoms with Gasteiger partial charge in [-0.3, -0.25) is 0 Å². The van der Waals surface area contributed by atoms with E-state index >= 15 is 0 Å². The van der Waals surface area contributed by atoms with E-state index in [9.17, 15) is 21.6 Å². The number of alkyl halides is 3. The molecule has 0 spiro atoms. The topological polar surface area (TPSA) is 74.1 Å². The van der Waals surface area contributed by atoms with E-state index in [4.69, 9.17) is 0 Å². The number of aryl methyl sites for hydroxylation is 1. The second kappa shape index (κ2) is 6.45. The highest BCUT2D eigenvalue weighted by Crippen LogP contribution is 2.30. The maximum absolute atomic E-state index is 12.7. The number of hydrogen-bond acceptors (Lipinski definition) is 5. The van der Waals surface area contributed by atoms with Crippen molar-refractivity contribution in [2.45, 2.75) is 12.4 Å². The van der Waals surface area contributed by atoms with Gasteiger partial charge in [0.25, 0.3) is 0 Å². The number of halogens is 3. The molecule has 0 saturated heterocycles. The lowest BCUT2D eigenvalue weighted by Crippen LogP contribution is -2.25. The van der Waals surface area contributed by atoms with Crippen molar-refractivity contribution in [3.05, 3.63) is 59.7 Å². The van der Waals surface area contributed by atoms with Crippen molar-refractivity contribution in [3.8, 4) is 0 Å². The molecule has 6 nitrogen and oxygen atoms in total. The summed E-state index contributed by atoms with van der Waals surface area (Å²) in [6, 6.07) is 12.8. The molecule has 2 aromatic carbocycles. The first-order chi connectivity index (χ1) is 12.2. The Labute approximate surface area is 146 Å². The first kappa shape index (κ1) is 17.9. The van der Waals surface area contributed by atoms with Gasteiger partial charge in [0.05, 0.1) is 11.7 Å². The van der Waals surface area contributed by atoms with Crippen LogP contribution in [0.25, 0.3) is 23.0 Å². The van der Waals surface area contributed by atoms with Gasteiger partial charge in [0.15, 0.2) is 5.76 Å². The predicted octanol–water partition coefficient (Wildman–Crippen LogP) is 3.56. The molecule has 10 heteroatoms. The lowest BCUT2D eigenvalue weighted by Gasteiger charge is -2.13. The molecule has 0 aliphatic carbocycles. The standard InChI is InChI=1S/C16H12F3N3O3S/c1-11-6-8-12(9-7-11)15(25-26(23,24)16(17,18)19)10-22-14-5-3-2-4-13(14)20-21-22/h2-10H,1H3/b15-10-. The van der Waals surface area contributed by atoms with Crippen LogP contribution in [0.2, 0.25) is 0 Å². The number of rotatable bonds is 4. The van der Waals surface area contributed by atoms with Crippen molar-refractivity contribution in [1.29, 1.82) is 0 Å². The summed E-state index contributed by atoms with van der Waals surface area (Å²) in [4.78, 5) is 0. The molecule has 0 unspecified atom stereocenters. The highest BCUT2D eigenvalue weighted by molar-refractivity contribution is 7.87. The molecule has 0 radical (unpaired) electrons. The van der Waals surface area contributed by atoms with Crippen LogP contribution in [0.4, 0.5) is 13.2 Å². The summed E-state index contributed by atoms with van der Waals surface area (Å²) in [5.74, 6) is -0.530. The molecule has 3 rings (SSSR count). The monoisotopic (exact) mass is 383 g/mol. The molecule has 0 aliphatic rings. The summed E-state index contributed by atoms with van der Waals surface area (Å²) in [5.41, 5.74) is -3.60. The molecule has 0 fully saturated rings. The number of nitrogens with zero attached hydrogens (tertiary/aromatic N) is 3. The quantitative estimate of drug-likeness (QED) is 0.391. The Balaban J connectivity index is 2.13. The minimum Gasteiger partial charge on any atom is -0.374 e. The van der Waals surface area contributed by atoms with Crippen molar-refractivity contribution in [3.63, 3.8) is 0 Å². The van der Waals surface area contributed by atoms with Crippen LogP contribution in [0.3, 0.4) is 0 Å². The molecule has 0 atom stereocenters. The summed E-state index contributed by atoms with van der Waals surface area (Å²) in [5, 5.41) is 7.67. The fraction of sp³-hybridized carbons (Fsp3) is 0.125. The Morgan fingerprint density at radius 1 is 1.12 bits per heavy atom. The summed E-state index contributed by atoms with van der Waals surface area (Å²) in [7, 11) is -5.84. The lowest BCUT2D eigenvalue weighted by atomic mass is 10.1. The zero-order valence-electron chi connectivity index (χ0n) is 13.3. The van der Waals surface area contributed by atoms with Gasteiger partial charge >= 0.3 is 15.6 Å². The molecule has 1 heterocycles. The van der Waals surface area contributed by atoms with Crippen molar-refractivity contribution in [2.75, 3.05) is 0 Å². The first-order valence-corrected chi connectivity index (χ1v) is 8.68. The van der Waals surface area contributed by atoms with Crippen LogP contribution in [0.5, 0.6) is 0 Å². The fourth-order valence-electron chi connectivity index (χ4n) is 2.12. The van der Waals surface area contributed by atoms with E-state index in [0.717, 1.165) is 16.4 Å². The van der Waals surface area contributed by atoms with Crippen LogP contribution in [0.15, 0.2) is 48.5 Å². The van der Waals surface area contributed by atoms with Gasteiger partial charge in [-0.2, -0.15) is 21.6 Å². The van der Waals surface area contributed by atoms with Gasteiger partial charge in [-0.25, -0.2) is 4.68 Å². The van der Waals surface area contributed by atoms with Gasteiger partial charge in [0.1, 0.15) is 5.52 Å². The molecule has 136 valence electrons. The van der Waals surface area contributed by atoms with Crippen LogP contribution in [0.1, 0.15) is 11.1 Å². The van der Waals surface area contributed by atoms with Gasteiger partial charge < -0.3 is 4.18 Å². The number of fused-ring (bicyclic) bond motifs is 1. The van der Waals surface area contributed by atoms with Crippen LogP contribution >= 0.6 is 0 Å². The van der Waals surface area contributed by atoms with E-state index in [1.165, 1.54) is 12.1 Å². The largest absolute Gasteiger partial charge is 0.534 e. The third kappa shape index (κ3) is 3.54. The smallest absolute Gasteiger partial charge is 0.374 e. The molecular weight excluding hydrogens is 371 g/mol. The Bertz CT molecular complexity index is 1070. The fourth-order valence-corrected chi connectivity index (χ4v) is 2.59. The van der Waals surface area contributed by atoms with Crippen LogP contribution in [0, 0.1) is 6.92 Å². The number of aromatic nitrogens is 3. The molecule has 0 saturated carbocycles. The van der Waals surface area contributed by atoms with Crippen LogP contribution in [-0.4, -0.2) is 28.9 Å². The highest BCUT2D eigenvalue weighted by atomic mass is 32.2. The van der Waals surface area contributed by atoms with Gasteiger partial charge in [-0.1, -0.05) is 47.2 Å². The molecule has 1 aromatic heterocycles. The molecule has 0 bridgehead atoms. The number of para-hydroxylation sites is 1. The van der Waals surface area contributed by atoms with Gasteiger partial charge in [0, 0.05) is 5.56 Å². The zero-order valence-corrected chi connectivity index (χ0v) is 14.1. The SMILES string of the molecule is Cc1ccc(/C(=C/n2nnc3ccccc32)OS(=O)(=O)C(F)(F)F)cc1.